The van der Waals surface area contributed by atoms with E-state index >= 15 is 0 Å². The number of aromatic nitrogens is 2. The van der Waals surface area contributed by atoms with E-state index in [-0.39, 0.29) is 22.8 Å². The molecule has 0 radical (unpaired) electrons. The number of rotatable bonds is 10. The quantitative estimate of drug-likeness (QED) is 0.124. The fourth-order valence-electron chi connectivity index (χ4n) is 5.50. The number of carbonyl (C=O) groups excluding carboxylic acids is 1. The van der Waals surface area contributed by atoms with Gasteiger partial charge >= 0.3 is 0 Å². The summed E-state index contributed by atoms with van der Waals surface area (Å²) in [7, 11) is -4.39. The molecule has 5 aromatic rings. The van der Waals surface area contributed by atoms with E-state index in [1.165, 1.54) is 7.11 Å². The first-order valence-electron chi connectivity index (χ1n) is 15.7. The summed E-state index contributed by atoms with van der Waals surface area (Å²) in [5.74, 6) is 0.285. The van der Waals surface area contributed by atoms with Gasteiger partial charge < -0.3 is 19.9 Å². The Morgan fingerprint density at radius 1 is 0.959 bits per heavy atom. The highest BCUT2D eigenvalue weighted by atomic mass is 32.2. The fourth-order valence-corrected chi connectivity index (χ4v) is 7.12. The van der Waals surface area contributed by atoms with Crippen molar-refractivity contribution < 1.29 is 22.5 Å². The zero-order valence-electron chi connectivity index (χ0n) is 29.0. The van der Waals surface area contributed by atoms with E-state index < -0.39 is 17.2 Å². The number of sulfonamides is 1. The van der Waals surface area contributed by atoms with Gasteiger partial charge in [-0.15, -0.1) is 0 Å². The number of aryl methyl sites for hydroxylation is 1. The summed E-state index contributed by atoms with van der Waals surface area (Å²) in [6.07, 6.45) is 3.35. The first-order chi connectivity index (χ1) is 22.9. The molecule has 0 saturated heterocycles. The van der Waals surface area contributed by atoms with Gasteiger partial charge in [0, 0.05) is 29.0 Å². The number of benzene rings is 4. The molecule has 256 valence electrons. The molecule has 10 nitrogen and oxygen atoms in total. The van der Waals surface area contributed by atoms with Crippen molar-refractivity contribution in [3.8, 4) is 16.9 Å². The zero-order valence-corrected chi connectivity index (χ0v) is 30.7. The lowest BCUT2D eigenvalue weighted by Gasteiger charge is -2.24. The average Bonchev–Trinajstić information content (AvgIpc) is 2.99. The molecule has 3 N–H and O–H groups in total. The van der Waals surface area contributed by atoms with Crippen molar-refractivity contribution in [3.63, 3.8) is 0 Å². The second kappa shape index (κ2) is 13.6. The van der Waals surface area contributed by atoms with Crippen molar-refractivity contribution in [2.45, 2.75) is 39.3 Å². The van der Waals surface area contributed by atoms with E-state index in [1.807, 2.05) is 82.3 Å². The lowest BCUT2D eigenvalue weighted by atomic mass is 9.86. The topological polar surface area (TPSA) is 139 Å². The van der Waals surface area contributed by atoms with Crippen molar-refractivity contribution in [2.24, 2.45) is 0 Å². The van der Waals surface area contributed by atoms with Crippen LogP contribution in [0.3, 0.4) is 0 Å². The molecular formula is C37H42N5O5PS. The van der Waals surface area contributed by atoms with Crippen molar-refractivity contribution in [1.29, 1.82) is 0 Å². The monoisotopic (exact) mass is 699 g/mol. The lowest BCUT2D eigenvalue weighted by molar-refractivity contribution is 0.102. The molecule has 0 spiro atoms. The summed E-state index contributed by atoms with van der Waals surface area (Å²) >= 11 is 0. The van der Waals surface area contributed by atoms with Crippen LogP contribution >= 0.6 is 7.14 Å². The first kappa shape index (κ1) is 35.6. The standard InChI is InChI=1S/C37H42N5O5PS/c1-23-12-13-26(35(43)40-32-19-28(37(2,3)4)20-33(34(32)47-5)42-49(8,45)46)18-30(23)25-14-15-31-27(17-25)21-38-36(41-31)39-29-11-9-10-24(16-29)22-48(6,7)44/h9-21,42H,22H2,1-8H3,(H,40,43)(H,38,39,41). The molecule has 5 rings (SSSR count). The molecule has 0 aliphatic carbocycles. The number of ether oxygens (including phenoxy) is 1. The minimum Gasteiger partial charge on any atom is -0.492 e. The Bertz CT molecular complexity index is 2230. The van der Waals surface area contributed by atoms with E-state index in [1.54, 1.807) is 37.7 Å². The number of carbonyl (C=O) groups is 1. The summed E-state index contributed by atoms with van der Waals surface area (Å²) in [5, 5.41) is 7.03. The Morgan fingerprint density at radius 3 is 2.37 bits per heavy atom. The Labute approximate surface area is 288 Å². The van der Waals surface area contributed by atoms with Gasteiger partial charge in [-0.2, -0.15) is 0 Å². The first-order valence-corrected chi connectivity index (χ1v) is 20.4. The van der Waals surface area contributed by atoms with Gasteiger partial charge in [0.05, 0.1) is 37.4 Å². The van der Waals surface area contributed by atoms with Gasteiger partial charge in [-0.3, -0.25) is 9.52 Å². The Balaban J connectivity index is 1.42. The van der Waals surface area contributed by atoms with Crippen LogP contribution in [-0.2, 0) is 26.2 Å². The van der Waals surface area contributed by atoms with Gasteiger partial charge in [0.15, 0.2) is 5.75 Å². The predicted octanol–water partition coefficient (Wildman–Crippen LogP) is 8.40. The van der Waals surface area contributed by atoms with Gasteiger partial charge in [0.2, 0.25) is 16.0 Å². The number of amides is 1. The summed E-state index contributed by atoms with van der Waals surface area (Å²) in [6.45, 7) is 11.5. The van der Waals surface area contributed by atoms with E-state index in [9.17, 15) is 17.8 Å². The molecule has 0 atom stereocenters. The molecule has 1 heterocycles. The molecule has 4 aromatic carbocycles. The van der Waals surface area contributed by atoms with E-state index in [4.69, 9.17) is 9.72 Å². The molecule has 1 aromatic heterocycles. The maximum Gasteiger partial charge on any atom is 0.255 e. The molecule has 12 heteroatoms. The summed E-state index contributed by atoms with van der Waals surface area (Å²) in [5.41, 5.74) is 6.78. The van der Waals surface area contributed by atoms with Gasteiger partial charge in [0.1, 0.15) is 0 Å². The smallest absolute Gasteiger partial charge is 0.255 e. The number of nitrogens with zero attached hydrogens (tertiary/aromatic N) is 2. The van der Waals surface area contributed by atoms with Crippen LogP contribution < -0.4 is 20.1 Å². The molecule has 0 saturated carbocycles. The van der Waals surface area contributed by atoms with Gasteiger partial charge in [0.25, 0.3) is 5.91 Å². The number of nitrogens with one attached hydrogen (secondary N) is 3. The third-order valence-electron chi connectivity index (χ3n) is 7.84. The summed E-state index contributed by atoms with van der Waals surface area (Å²) in [4.78, 5) is 22.9. The van der Waals surface area contributed by atoms with Crippen LogP contribution in [0, 0.1) is 6.92 Å². The number of hydrogen-bond acceptors (Lipinski definition) is 8. The number of hydrogen-bond donors (Lipinski definition) is 3. The number of fused-ring (bicyclic) bond motifs is 1. The lowest BCUT2D eigenvalue weighted by Crippen LogP contribution is -2.18. The van der Waals surface area contributed by atoms with Gasteiger partial charge in [-0.1, -0.05) is 45.0 Å². The van der Waals surface area contributed by atoms with Crippen LogP contribution in [-0.4, -0.2) is 51.0 Å². The highest BCUT2D eigenvalue weighted by molar-refractivity contribution is 7.92. The highest BCUT2D eigenvalue weighted by Crippen LogP contribution is 2.41. The number of anilines is 4. The second-order valence-corrected chi connectivity index (χ2v) is 18.9. The third kappa shape index (κ3) is 9.04. The maximum atomic E-state index is 13.7. The fraction of sp³-hybridized carbons (Fsp3) is 0.270. The van der Waals surface area contributed by atoms with Gasteiger partial charge in [-0.25, -0.2) is 18.4 Å². The van der Waals surface area contributed by atoms with Crippen LogP contribution in [0.15, 0.2) is 79.0 Å². The number of methoxy groups -OCH3 is 1. The molecule has 1 amide bonds. The van der Waals surface area contributed by atoms with Crippen molar-refractivity contribution in [1.82, 2.24) is 9.97 Å². The molecule has 0 fully saturated rings. The summed E-state index contributed by atoms with van der Waals surface area (Å²) in [6, 6.07) is 22.6. The van der Waals surface area contributed by atoms with Crippen molar-refractivity contribution >= 4 is 57.0 Å². The third-order valence-corrected chi connectivity index (χ3v) is 9.56. The Kier molecular flexibility index (Phi) is 9.91. The van der Waals surface area contributed by atoms with Crippen molar-refractivity contribution in [2.75, 3.05) is 42.1 Å². The molecule has 0 aliphatic heterocycles. The Morgan fingerprint density at radius 2 is 1.69 bits per heavy atom. The normalized spacial score (nSPS) is 12.1. The molecule has 0 aliphatic rings. The van der Waals surface area contributed by atoms with Crippen LogP contribution in [0.2, 0.25) is 0 Å². The molecular weight excluding hydrogens is 657 g/mol. The SMILES string of the molecule is COc1c(NC(=O)c2ccc(C)c(-c3ccc4nc(Nc5cccc(CP(C)(C)=O)c5)ncc4c3)c2)cc(C(C)(C)C)cc1NS(C)(=O)=O. The van der Waals surface area contributed by atoms with Gasteiger partial charge in [-0.05, 0) is 102 Å². The zero-order chi connectivity index (χ0) is 35.7. The molecule has 49 heavy (non-hydrogen) atoms. The summed E-state index contributed by atoms with van der Waals surface area (Å²) < 4.78 is 44.7. The van der Waals surface area contributed by atoms with Crippen LogP contribution in [0.4, 0.5) is 23.0 Å². The maximum absolute atomic E-state index is 13.7. The predicted molar refractivity (Wildman–Crippen MR) is 201 cm³/mol. The largest absolute Gasteiger partial charge is 0.492 e. The van der Waals surface area contributed by atoms with Crippen LogP contribution in [0.5, 0.6) is 5.75 Å². The minimum absolute atomic E-state index is 0.211. The van der Waals surface area contributed by atoms with E-state index in [0.717, 1.165) is 50.7 Å². The molecule has 0 unspecified atom stereocenters. The second-order valence-electron chi connectivity index (χ2n) is 13.7. The van der Waals surface area contributed by atoms with Crippen molar-refractivity contribution in [3.05, 3.63) is 101 Å². The van der Waals surface area contributed by atoms with E-state index in [2.05, 4.69) is 20.3 Å². The van der Waals surface area contributed by atoms with Crippen LogP contribution in [0.1, 0.15) is 47.8 Å². The van der Waals surface area contributed by atoms with E-state index in [0.29, 0.717) is 23.4 Å². The van der Waals surface area contributed by atoms with Crippen LogP contribution in [0.25, 0.3) is 22.0 Å². The average molecular weight is 700 g/mol. The molecule has 0 bridgehead atoms. The highest BCUT2D eigenvalue weighted by Gasteiger charge is 2.23. The Hall–Kier alpha value is -4.73. The minimum atomic E-state index is -3.61.